The Morgan fingerprint density at radius 1 is 1.28 bits per heavy atom. The van der Waals surface area contributed by atoms with E-state index >= 15 is 0 Å². The summed E-state index contributed by atoms with van der Waals surface area (Å²) in [6.07, 6.45) is 2.07. The second kappa shape index (κ2) is 7.89. The van der Waals surface area contributed by atoms with Crippen molar-refractivity contribution in [2.24, 2.45) is 5.73 Å². The average Bonchev–Trinajstić information content (AvgIpc) is 3.29. The van der Waals surface area contributed by atoms with Crippen LogP contribution in [0.25, 0.3) is 0 Å². The van der Waals surface area contributed by atoms with Gasteiger partial charge in [-0.3, -0.25) is 4.79 Å². The normalized spacial score (nSPS) is 12.0. The number of nitrogens with two attached hydrogens (primary N) is 1. The van der Waals surface area contributed by atoms with Gasteiger partial charge in [-0.25, -0.2) is 0 Å². The molecular weight excluding hydrogens is 342 g/mol. The molecule has 0 saturated heterocycles. The monoisotopic (exact) mass is 359 g/mol. The van der Waals surface area contributed by atoms with Crippen molar-refractivity contribution in [2.45, 2.75) is 17.6 Å². The summed E-state index contributed by atoms with van der Waals surface area (Å²) in [6, 6.07) is 11.5. The van der Waals surface area contributed by atoms with Gasteiger partial charge >= 0.3 is 0 Å². The summed E-state index contributed by atoms with van der Waals surface area (Å²) in [5.74, 6) is 1.49. The van der Waals surface area contributed by atoms with Crippen LogP contribution in [0.5, 0.6) is 5.75 Å². The van der Waals surface area contributed by atoms with Crippen molar-refractivity contribution in [1.82, 2.24) is 10.2 Å². The van der Waals surface area contributed by atoms with Gasteiger partial charge in [-0.05, 0) is 18.2 Å². The molecule has 3 aromatic rings. The molecule has 25 heavy (non-hydrogen) atoms. The van der Waals surface area contributed by atoms with Gasteiger partial charge in [-0.2, -0.15) is 0 Å². The van der Waals surface area contributed by atoms with Crippen LogP contribution in [0, 0.1) is 0 Å². The zero-order valence-corrected chi connectivity index (χ0v) is 14.4. The Bertz CT molecular complexity index is 832. The van der Waals surface area contributed by atoms with E-state index in [4.69, 9.17) is 19.3 Å². The Morgan fingerprint density at radius 2 is 2.12 bits per heavy atom. The Morgan fingerprint density at radius 3 is 2.84 bits per heavy atom. The van der Waals surface area contributed by atoms with Gasteiger partial charge in [0.1, 0.15) is 11.5 Å². The molecule has 8 heteroatoms. The number of aromatic nitrogens is 2. The molecule has 0 aliphatic carbocycles. The molecule has 130 valence electrons. The maximum absolute atomic E-state index is 10.9. The van der Waals surface area contributed by atoms with Crippen LogP contribution in [0.1, 0.15) is 23.1 Å². The van der Waals surface area contributed by atoms with Crippen LogP contribution in [-0.4, -0.2) is 29.0 Å². The molecular formula is C17H17N3O4S. The minimum absolute atomic E-state index is 0.0930. The smallest absolute Gasteiger partial charge is 0.277 e. The molecule has 0 saturated carbocycles. The lowest BCUT2D eigenvalue weighted by molar-refractivity contribution is -0.115. The zero-order valence-electron chi connectivity index (χ0n) is 13.5. The Kier molecular flexibility index (Phi) is 5.39. The van der Waals surface area contributed by atoms with Crippen LogP contribution in [-0.2, 0) is 11.2 Å². The van der Waals surface area contributed by atoms with Gasteiger partial charge in [0, 0.05) is 12.0 Å². The van der Waals surface area contributed by atoms with Crippen LogP contribution < -0.4 is 10.5 Å². The van der Waals surface area contributed by atoms with E-state index in [2.05, 4.69) is 10.2 Å². The van der Waals surface area contributed by atoms with Gasteiger partial charge in [0.15, 0.2) is 0 Å². The zero-order chi connectivity index (χ0) is 17.6. The van der Waals surface area contributed by atoms with Crippen LogP contribution in [0.2, 0.25) is 0 Å². The molecule has 1 amide bonds. The number of benzene rings is 1. The molecule has 0 fully saturated rings. The van der Waals surface area contributed by atoms with Gasteiger partial charge in [0.05, 0.1) is 25.0 Å². The highest BCUT2D eigenvalue weighted by atomic mass is 32.2. The lowest BCUT2D eigenvalue weighted by atomic mass is 9.92. The molecule has 1 atom stereocenters. The molecule has 2 heterocycles. The van der Waals surface area contributed by atoms with E-state index in [1.54, 1.807) is 13.4 Å². The first-order valence-electron chi connectivity index (χ1n) is 7.57. The highest BCUT2D eigenvalue weighted by Crippen LogP contribution is 2.34. The number of primary amides is 1. The van der Waals surface area contributed by atoms with Crippen molar-refractivity contribution in [2.75, 3.05) is 12.9 Å². The molecule has 7 nitrogen and oxygen atoms in total. The number of rotatable bonds is 8. The molecule has 2 N–H and O–H groups in total. The third-order valence-electron chi connectivity index (χ3n) is 3.57. The summed E-state index contributed by atoms with van der Waals surface area (Å²) in [5.41, 5.74) is 6.09. The summed E-state index contributed by atoms with van der Waals surface area (Å²) in [4.78, 5) is 10.9. The average molecular weight is 359 g/mol. The summed E-state index contributed by atoms with van der Waals surface area (Å²) < 4.78 is 16.7. The maximum atomic E-state index is 10.9. The molecule has 2 aromatic heterocycles. The predicted octanol–water partition coefficient (Wildman–Crippen LogP) is 2.62. The highest BCUT2D eigenvalue weighted by molar-refractivity contribution is 7.99. The van der Waals surface area contributed by atoms with Crippen molar-refractivity contribution in [3.05, 3.63) is 59.9 Å². The Balaban J connectivity index is 1.85. The van der Waals surface area contributed by atoms with Crippen LogP contribution in [0.15, 0.2) is 56.7 Å². The first kappa shape index (κ1) is 17.1. The number of carbonyl (C=O) groups excluding carboxylic acids is 1. The predicted molar refractivity (Wildman–Crippen MR) is 91.5 cm³/mol. The number of hydrogen-bond donors (Lipinski definition) is 1. The summed E-state index contributed by atoms with van der Waals surface area (Å²) >= 11 is 1.11. The first-order chi connectivity index (χ1) is 12.2. The first-order valence-corrected chi connectivity index (χ1v) is 8.55. The summed E-state index contributed by atoms with van der Waals surface area (Å²) in [7, 11) is 1.63. The second-order valence-electron chi connectivity index (χ2n) is 5.23. The third kappa shape index (κ3) is 4.21. The molecule has 0 radical (unpaired) electrons. The SMILES string of the molecule is COc1ccccc1C(Cc1nnc(SCC(N)=O)o1)c1ccco1. The standard InChI is InChI=1S/C17H17N3O4S/c1-22-13-6-3-2-5-11(13)12(14-7-4-8-23-14)9-16-19-20-17(24-16)25-10-15(18)21/h2-8,12H,9-10H2,1H3,(H2,18,21). The molecule has 0 spiro atoms. The van der Waals surface area contributed by atoms with Crippen molar-refractivity contribution in [3.8, 4) is 5.75 Å². The summed E-state index contributed by atoms with van der Waals surface area (Å²) in [6.45, 7) is 0. The number of furan rings is 1. The van der Waals surface area contributed by atoms with Crippen molar-refractivity contribution >= 4 is 17.7 Å². The van der Waals surface area contributed by atoms with Gasteiger partial charge in [0.25, 0.3) is 5.22 Å². The van der Waals surface area contributed by atoms with Gasteiger partial charge in [-0.15, -0.1) is 10.2 Å². The van der Waals surface area contributed by atoms with Crippen molar-refractivity contribution in [3.63, 3.8) is 0 Å². The van der Waals surface area contributed by atoms with Crippen LogP contribution >= 0.6 is 11.8 Å². The van der Waals surface area contributed by atoms with Crippen LogP contribution in [0.3, 0.4) is 0 Å². The number of methoxy groups -OCH3 is 1. The van der Waals surface area contributed by atoms with E-state index in [1.165, 1.54) is 0 Å². The second-order valence-corrected chi connectivity index (χ2v) is 6.16. The van der Waals surface area contributed by atoms with E-state index < -0.39 is 5.91 Å². The molecule has 3 rings (SSSR count). The molecule has 0 bridgehead atoms. The third-order valence-corrected chi connectivity index (χ3v) is 4.41. The lowest BCUT2D eigenvalue weighted by Crippen LogP contribution is -2.12. The topological polar surface area (TPSA) is 104 Å². The maximum Gasteiger partial charge on any atom is 0.277 e. The van der Waals surface area contributed by atoms with Crippen molar-refractivity contribution in [1.29, 1.82) is 0 Å². The van der Waals surface area contributed by atoms with Gasteiger partial charge in [-0.1, -0.05) is 30.0 Å². The van der Waals surface area contributed by atoms with Crippen LogP contribution in [0.4, 0.5) is 0 Å². The largest absolute Gasteiger partial charge is 0.496 e. The Labute approximate surface area is 148 Å². The van der Waals surface area contributed by atoms with E-state index in [-0.39, 0.29) is 11.7 Å². The molecule has 1 unspecified atom stereocenters. The van der Waals surface area contributed by atoms with Gasteiger partial charge in [0.2, 0.25) is 11.8 Å². The number of ether oxygens (including phenoxy) is 1. The number of nitrogens with zero attached hydrogens (tertiary/aromatic N) is 2. The lowest BCUT2D eigenvalue weighted by Gasteiger charge is -2.16. The number of hydrogen-bond acceptors (Lipinski definition) is 7. The minimum atomic E-state index is -0.438. The number of amides is 1. The van der Waals surface area contributed by atoms with Crippen molar-refractivity contribution < 1.29 is 18.4 Å². The van der Waals surface area contributed by atoms with E-state index in [0.29, 0.717) is 17.5 Å². The highest BCUT2D eigenvalue weighted by Gasteiger charge is 2.24. The number of thioether (sulfide) groups is 1. The minimum Gasteiger partial charge on any atom is -0.496 e. The summed E-state index contributed by atoms with van der Waals surface area (Å²) in [5, 5.41) is 8.30. The fourth-order valence-electron chi connectivity index (χ4n) is 2.49. The van der Waals surface area contributed by atoms with E-state index in [9.17, 15) is 4.79 Å². The molecule has 1 aromatic carbocycles. The number of carbonyl (C=O) groups is 1. The molecule has 0 aliphatic rings. The van der Waals surface area contributed by atoms with E-state index in [1.807, 2.05) is 36.4 Å². The van der Waals surface area contributed by atoms with Gasteiger partial charge < -0.3 is 19.3 Å². The fraction of sp³-hybridized carbons (Fsp3) is 0.235. The fourth-order valence-corrected chi connectivity index (χ4v) is 3.01. The quantitative estimate of drug-likeness (QED) is 0.616. The Hall–Kier alpha value is -2.74. The number of para-hydroxylation sites is 1. The van der Waals surface area contributed by atoms with E-state index in [0.717, 1.165) is 28.8 Å². The molecule has 0 aliphatic heterocycles.